The summed E-state index contributed by atoms with van der Waals surface area (Å²) in [5.41, 5.74) is 3.82. The fraction of sp³-hybridized carbons (Fsp3) is 0.483. The monoisotopic (exact) mass is 437 g/mol. The smallest absolute Gasteiger partial charge is 0.144 e. The Hall–Kier alpha value is -2.47. The average Bonchev–Trinajstić information content (AvgIpc) is 2.79. The normalized spacial score (nSPS) is 10.9. The zero-order chi connectivity index (χ0) is 23.5. The lowest BCUT2D eigenvalue weighted by Crippen LogP contribution is -2.09. The number of unbranched alkanes of at least 4 members (excludes halogenated alkanes) is 6. The summed E-state index contributed by atoms with van der Waals surface area (Å²) in [7, 11) is 0. The van der Waals surface area contributed by atoms with Gasteiger partial charge in [0, 0.05) is 12.0 Å². The van der Waals surface area contributed by atoms with Crippen molar-refractivity contribution in [1.29, 1.82) is 5.26 Å². The maximum atomic E-state index is 15.3. The van der Waals surface area contributed by atoms with E-state index in [1.165, 1.54) is 32.6 Å². The van der Waals surface area contributed by atoms with Gasteiger partial charge >= 0.3 is 0 Å². The zero-order valence-electron chi connectivity index (χ0n) is 20.0. The molecule has 0 aliphatic carbocycles. The minimum absolute atomic E-state index is 0.108. The lowest BCUT2D eigenvalue weighted by molar-refractivity contribution is 0.548. The van der Waals surface area contributed by atoms with Crippen molar-refractivity contribution in [3.63, 3.8) is 0 Å². The summed E-state index contributed by atoms with van der Waals surface area (Å²) in [6.45, 7) is 9.93. The van der Waals surface area contributed by atoms with Crippen LogP contribution in [0.15, 0.2) is 30.8 Å². The molecule has 0 spiro atoms. The van der Waals surface area contributed by atoms with Crippen LogP contribution in [0.3, 0.4) is 0 Å². The van der Waals surface area contributed by atoms with Gasteiger partial charge in [-0.15, -0.1) is 0 Å². The Balaban J connectivity index is 2.23. The Kier molecular flexibility index (Phi) is 10.6. The van der Waals surface area contributed by atoms with Gasteiger partial charge in [0.15, 0.2) is 0 Å². The number of hydrogen-bond acceptors (Lipinski definition) is 1. The quantitative estimate of drug-likeness (QED) is 0.287. The number of nitrogens with zero attached hydrogens (tertiary/aromatic N) is 1. The summed E-state index contributed by atoms with van der Waals surface area (Å²) >= 11 is 0. The maximum Gasteiger partial charge on any atom is 0.144 e. The van der Waals surface area contributed by atoms with Gasteiger partial charge in [-0.3, -0.25) is 0 Å². The summed E-state index contributed by atoms with van der Waals surface area (Å²) in [5, 5.41) is 9.38. The van der Waals surface area contributed by atoms with Crippen LogP contribution in [0, 0.1) is 29.9 Å². The molecule has 0 unspecified atom stereocenters. The van der Waals surface area contributed by atoms with E-state index < -0.39 is 11.6 Å². The Morgan fingerprint density at radius 3 is 2.09 bits per heavy atom. The van der Waals surface area contributed by atoms with Crippen molar-refractivity contribution in [2.24, 2.45) is 0 Å². The minimum atomic E-state index is -0.541. The molecular formula is C29H37F2N. The maximum absolute atomic E-state index is 15.3. The molecule has 1 nitrogen and oxygen atoms in total. The summed E-state index contributed by atoms with van der Waals surface area (Å²) in [5.74, 6) is -0.985. The van der Waals surface area contributed by atoms with Crippen molar-refractivity contribution in [2.45, 2.75) is 91.4 Å². The SMILES string of the molecule is C=C(CCC)c1ccc(Cc2c(F)c(C)c(C#N)c(F)c2CCCCCCCCC)cc1. The molecular weight excluding hydrogens is 400 g/mol. The Morgan fingerprint density at radius 2 is 1.50 bits per heavy atom. The molecule has 2 rings (SSSR count). The van der Waals surface area contributed by atoms with E-state index in [-0.39, 0.29) is 11.1 Å². The Labute approximate surface area is 193 Å². The number of allylic oxidation sites excluding steroid dienone is 1. The van der Waals surface area contributed by atoms with Gasteiger partial charge in [-0.1, -0.05) is 89.6 Å². The third kappa shape index (κ3) is 6.76. The molecule has 0 saturated heterocycles. The highest BCUT2D eigenvalue weighted by Gasteiger charge is 2.22. The highest BCUT2D eigenvalue weighted by molar-refractivity contribution is 5.63. The highest BCUT2D eigenvalue weighted by Crippen LogP contribution is 2.29. The first-order chi connectivity index (χ1) is 15.4. The zero-order valence-corrected chi connectivity index (χ0v) is 20.0. The molecule has 0 aromatic heterocycles. The second-order valence-electron chi connectivity index (χ2n) is 8.80. The molecule has 0 aliphatic rings. The standard InChI is InChI=1S/C29H37F2N/c1-5-7-8-9-10-11-12-14-25-26(28(30)22(4)27(20-32)29(25)31)19-23-15-17-24(18-16-23)21(3)13-6-2/h15-18H,3,5-14,19H2,1-2,4H3. The number of benzene rings is 2. The number of rotatable bonds is 13. The first kappa shape index (κ1) is 25.8. The number of halogens is 2. The van der Waals surface area contributed by atoms with Crippen molar-refractivity contribution < 1.29 is 8.78 Å². The summed E-state index contributed by atoms with van der Waals surface area (Å²) in [6, 6.07) is 9.83. The minimum Gasteiger partial charge on any atom is -0.206 e. The summed E-state index contributed by atoms with van der Waals surface area (Å²) in [6.07, 6.45) is 10.5. The van der Waals surface area contributed by atoms with E-state index in [0.717, 1.165) is 48.8 Å². The molecule has 2 aromatic rings. The molecule has 0 aliphatic heterocycles. The molecule has 0 N–H and O–H groups in total. The predicted molar refractivity (Wildman–Crippen MR) is 131 cm³/mol. The van der Waals surface area contributed by atoms with Gasteiger partial charge < -0.3 is 0 Å². The van der Waals surface area contributed by atoms with Crippen molar-refractivity contribution in [1.82, 2.24) is 0 Å². The molecule has 0 saturated carbocycles. The van der Waals surface area contributed by atoms with Crippen molar-refractivity contribution in [3.8, 4) is 6.07 Å². The van der Waals surface area contributed by atoms with Crippen LogP contribution in [0.2, 0.25) is 0 Å². The third-order valence-electron chi connectivity index (χ3n) is 6.25. The Bertz CT molecular complexity index is 935. The van der Waals surface area contributed by atoms with Crippen molar-refractivity contribution in [2.75, 3.05) is 0 Å². The predicted octanol–water partition coefficient (Wildman–Crippen LogP) is 8.84. The molecule has 0 heterocycles. The summed E-state index contributed by atoms with van der Waals surface area (Å²) in [4.78, 5) is 0. The van der Waals surface area contributed by atoms with E-state index >= 15 is 8.78 Å². The molecule has 32 heavy (non-hydrogen) atoms. The van der Waals surface area contributed by atoms with Crippen molar-refractivity contribution >= 4 is 5.57 Å². The van der Waals surface area contributed by atoms with Gasteiger partial charge in [0.05, 0.1) is 5.56 Å². The molecule has 0 atom stereocenters. The van der Waals surface area contributed by atoms with Crippen LogP contribution in [0.25, 0.3) is 5.57 Å². The fourth-order valence-electron chi connectivity index (χ4n) is 4.26. The van der Waals surface area contributed by atoms with Crippen LogP contribution in [-0.2, 0) is 12.8 Å². The largest absolute Gasteiger partial charge is 0.206 e. The molecule has 0 radical (unpaired) electrons. The van der Waals surface area contributed by atoms with Crippen LogP contribution in [0.4, 0.5) is 8.78 Å². The van der Waals surface area contributed by atoms with Crippen LogP contribution in [0.1, 0.15) is 105 Å². The first-order valence-corrected chi connectivity index (χ1v) is 12.1. The van der Waals surface area contributed by atoms with E-state index in [1.54, 1.807) is 0 Å². The third-order valence-corrected chi connectivity index (χ3v) is 6.25. The van der Waals surface area contributed by atoms with Gasteiger partial charge in [-0.2, -0.15) is 5.26 Å². The van der Waals surface area contributed by atoms with E-state index in [2.05, 4.69) is 20.4 Å². The van der Waals surface area contributed by atoms with Gasteiger partial charge in [0.25, 0.3) is 0 Å². The van der Waals surface area contributed by atoms with E-state index in [0.29, 0.717) is 24.0 Å². The van der Waals surface area contributed by atoms with Gasteiger partial charge in [-0.25, -0.2) is 8.78 Å². The van der Waals surface area contributed by atoms with Crippen molar-refractivity contribution in [3.05, 3.63) is 75.9 Å². The Morgan fingerprint density at radius 1 is 0.875 bits per heavy atom. The molecule has 3 heteroatoms. The first-order valence-electron chi connectivity index (χ1n) is 12.1. The van der Waals surface area contributed by atoms with E-state index in [9.17, 15) is 5.26 Å². The lowest BCUT2D eigenvalue weighted by atomic mass is 9.90. The summed E-state index contributed by atoms with van der Waals surface area (Å²) < 4.78 is 30.5. The second-order valence-corrected chi connectivity index (χ2v) is 8.80. The second kappa shape index (κ2) is 13.2. The molecule has 0 bridgehead atoms. The van der Waals surface area contributed by atoms with Gasteiger partial charge in [0.1, 0.15) is 17.7 Å². The average molecular weight is 438 g/mol. The molecule has 0 fully saturated rings. The van der Waals surface area contributed by atoms with E-state index in [4.69, 9.17) is 0 Å². The van der Waals surface area contributed by atoms with Gasteiger partial charge in [0.2, 0.25) is 0 Å². The fourth-order valence-corrected chi connectivity index (χ4v) is 4.26. The molecule has 172 valence electrons. The molecule has 2 aromatic carbocycles. The van der Waals surface area contributed by atoms with E-state index in [1.807, 2.05) is 30.3 Å². The van der Waals surface area contributed by atoms with Crippen LogP contribution >= 0.6 is 0 Å². The van der Waals surface area contributed by atoms with Crippen LogP contribution < -0.4 is 0 Å². The van der Waals surface area contributed by atoms with Gasteiger partial charge in [-0.05, 0) is 54.0 Å². The number of hydrogen-bond donors (Lipinski definition) is 0. The highest BCUT2D eigenvalue weighted by atomic mass is 19.1. The topological polar surface area (TPSA) is 23.8 Å². The lowest BCUT2D eigenvalue weighted by Gasteiger charge is -2.16. The number of nitriles is 1. The van der Waals surface area contributed by atoms with Crippen LogP contribution in [-0.4, -0.2) is 0 Å². The van der Waals surface area contributed by atoms with Crippen LogP contribution in [0.5, 0.6) is 0 Å². The molecule has 0 amide bonds.